The number of unbranched alkanes of at least 4 members (excludes halogenated alkanes) is 3. The van der Waals surface area contributed by atoms with E-state index in [0.29, 0.717) is 0 Å². The molecular formula is C21H36ClP. The molecule has 1 rings (SSSR count). The average molecular weight is 355 g/mol. The molecule has 2 heteroatoms. The molecule has 1 atom stereocenters. The zero-order chi connectivity index (χ0) is 16.4. The summed E-state index contributed by atoms with van der Waals surface area (Å²) in [5, 5.41) is 0.259. The first-order valence-corrected chi connectivity index (χ1v) is 9.73. The van der Waals surface area contributed by atoms with E-state index in [-0.39, 0.29) is 17.6 Å². The summed E-state index contributed by atoms with van der Waals surface area (Å²) in [6.07, 6.45) is 13.4. The predicted molar refractivity (Wildman–Crippen MR) is 113 cm³/mol. The fourth-order valence-corrected chi connectivity index (χ4v) is 3.87. The molecule has 0 amide bonds. The highest BCUT2D eigenvalue weighted by Gasteiger charge is 2.28. The van der Waals surface area contributed by atoms with E-state index in [1.54, 1.807) is 11.1 Å². The largest absolute Gasteiger partial charge is 0.147 e. The summed E-state index contributed by atoms with van der Waals surface area (Å²) >= 11 is 0. The fraction of sp³-hybridized carbons (Fsp3) is 0.619. The third-order valence-corrected chi connectivity index (χ3v) is 5.54. The van der Waals surface area contributed by atoms with Gasteiger partial charge in [0.1, 0.15) is 0 Å². The van der Waals surface area contributed by atoms with Crippen LogP contribution in [0.4, 0.5) is 0 Å². The maximum absolute atomic E-state index is 3.94. The predicted octanol–water partition coefficient (Wildman–Crippen LogP) is 7.54. The summed E-state index contributed by atoms with van der Waals surface area (Å²) in [5.41, 5.74) is 4.37. The van der Waals surface area contributed by atoms with Gasteiger partial charge < -0.3 is 0 Å². The lowest BCUT2D eigenvalue weighted by Crippen LogP contribution is -2.20. The molecule has 0 radical (unpaired) electrons. The number of hydrogen-bond acceptors (Lipinski definition) is 0. The Morgan fingerprint density at radius 3 is 2.04 bits per heavy atom. The Labute approximate surface area is 153 Å². The van der Waals surface area contributed by atoms with Crippen LogP contribution in [0, 0.1) is 0 Å². The van der Waals surface area contributed by atoms with Gasteiger partial charge in [0.2, 0.25) is 0 Å². The van der Waals surface area contributed by atoms with Crippen LogP contribution in [0.15, 0.2) is 24.8 Å². The smallest absolute Gasteiger partial charge is 0.0100 e. The highest BCUT2D eigenvalue weighted by molar-refractivity contribution is 7.18. The molecule has 0 aromatic heterocycles. The lowest BCUT2D eigenvalue weighted by atomic mass is 9.83. The number of rotatable bonds is 11. The van der Waals surface area contributed by atoms with Crippen molar-refractivity contribution >= 4 is 27.7 Å². The van der Waals surface area contributed by atoms with Crippen LogP contribution >= 0.6 is 21.6 Å². The van der Waals surface area contributed by atoms with Crippen molar-refractivity contribution in [1.29, 1.82) is 0 Å². The molecule has 1 aromatic rings. The maximum atomic E-state index is 3.94. The van der Waals surface area contributed by atoms with E-state index in [1.807, 2.05) is 6.08 Å². The summed E-state index contributed by atoms with van der Waals surface area (Å²) in [7, 11) is 3.24. The summed E-state index contributed by atoms with van der Waals surface area (Å²) in [5.74, 6) is 0. The molecule has 0 nitrogen and oxygen atoms in total. The molecule has 0 spiro atoms. The van der Waals surface area contributed by atoms with Crippen molar-refractivity contribution in [2.24, 2.45) is 0 Å². The Morgan fingerprint density at radius 2 is 1.57 bits per heavy atom. The van der Waals surface area contributed by atoms with Crippen molar-refractivity contribution in [2.75, 3.05) is 0 Å². The lowest BCUT2D eigenvalue weighted by Gasteiger charge is -2.33. The fourth-order valence-electron chi connectivity index (χ4n) is 3.18. The first-order chi connectivity index (χ1) is 10.6. The first-order valence-electron chi connectivity index (χ1n) is 9.16. The van der Waals surface area contributed by atoms with Gasteiger partial charge in [-0.05, 0) is 42.4 Å². The van der Waals surface area contributed by atoms with Crippen LogP contribution in [-0.2, 0) is 11.6 Å². The van der Waals surface area contributed by atoms with E-state index in [1.165, 1.54) is 63.4 Å². The van der Waals surface area contributed by atoms with Crippen LogP contribution < -0.4 is 0 Å². The van der Waals surface area contributed by atoms with E-state index >= 15 is 0 Å². The quantitative estimate of drug-likeness (QED) is 0.360. The van der Waals surface area contributed by atoms with Crippen molar-refractivity contribution < 1.29 is 0 Å². The number of aryl methyl sites for hydroxylation is 1. The molecular weight excluding hydrogens is 319 g/mol. The minimum atomic E-state index is 0. The van der Waals surface area contributed by atoms with Crippen molar-refractivity contribution in [3.8, 4) is 0 Å². The van der Waals surface area contributed by atoms with Gasteiger partial charge in [-0.15, -0.1) is 21.6 Å². The molecule has 132 valence electrons. The monoisotopic (exact) mass is 354 g/mol. The van der Waals surface area contributed by atoms with Crippen LogP contribution in [0.1, 0.15) is 88.8 Å². The molecule has 0 heterocycles. The molecule has 0 saturated carbocycles. The SMILES string of the molecule is C=Cc1ccc(C(P)(CCCC)CCCC)c(CCCC)c1.Cl. The second-order valence-electron chi connectivity index (χ2n) is 6.59. The van der Waals surface area contributed by atoms with Gasteiger partial charge in [-0.1, -0.05) is 83.7 Å². The standard InChI is InChI=1S/C21H35P.ClH/c1-5-9-12-19-17-18(8-4)13-14-20(19)21(22,15-10-6-2)16-11-7-3;/h8,13-14,17H,4-7,9-12,15-16,22H2,1-3H3;1H. The second kappa shape index (κ2) is 12.1. The second-order valence-corrected chi connectivity index (χ2v) is 7.69. The summed E-state index contributed by atoms with van der Waals surface area (Å²) in [4.78, 5) is 0. The molecule has 0 aliphatic heterocycles. The molecule has 0 aliphatic carbocycles. The first kappa shape index (κ1) is 22.7. The highest BCUT2D eigenvalue weighted by atomic mass is 35.5. The third-order valence-electron chi connectivity index (χ3n) is 4.65. The Hall–Kier alpha value is -0.320. The lowest BCUT2D eigenvalue weighted by molar-refractivity contribution is 0.476. The van der Waals surface area contributed by atoms with Crippen molar-refractivity contribution in [3.63, 3.8) is 0 Å². The van der Waals surface area contributed by atoms with Gasteiger partial charge in [0.05, 0.1) is 0 Å². The van der Waals surface area contributed by atoms with Crippen LogP contribution in [0.3, 0.4) is 0 Å². The van der Waals surface area contributed by atoms with Gasteiger partial charge in [0.25, 0.3) is 0 Å². The molecule has 0 N–H and O–H groups in total. The zero-order valence-electron chi connectivity index (χ0n) is 15.4. The molecule has 0 bridgehead atoms. The molecule has 0 fully saturated rings. The summed E-state index contributed by atoms with van der Waals surface area (Å²) < 4.78 is 0. The average Bonchev–Trinajstić information content (AvgIpc) is 2.56. The van der Waals surface area contributed by atoms with E-state index in [2.05, 4.69) is 54.8 Å². The van der Waals surface area contributed by atoms with Gasteiger partial charge in [-0.2, -0.15) is 0 Å². The van der Waals surface area contributed by atoms with Crippen molar-refractivity contribution in [1.82, 2.24) is 0 Å². The Morgan fingerprint density at radius 1 is 1.00 bits per heavy atom. The molecule has 23 heavy (non-hydrogen) atoms. The van der Waals surface area contributed by atoms with Crippen molar-refractivity contribution in [3.05, 3.63) is 41.5 Å². The Kier molecular flexibility index (Phi) is 11.9. The molecule has 0 saturated heterocycles. The normalized spacial score (nSPS) is 11.1. The Balaban J connectivity index is 0.00000484. The number of benzene rings is 1. The van der Waals surface area contributed by atoms with E-state index in [9.17, 15) is 0 Å². The van der Waals surface area contributed by atoms with Gasteiger partial charge in [-0.25, -0.2) is 0 Å². The van der Waals surface area contributed by atoms with Crippen LogP contribution in [-0.4, -0.2) is 0 Å². The third kappa shape index (κ3) is 6.98. The number of halogens is 1. The summed E-state index contributed by atoms with van der Waals surface area (Å²) in [6, 6.07) is 6.99. The van der Waals surface area contributed by atoms with Crippen LogP contribution in [0.25, 0.3) is 6.08 Å². The summed E-state index contributed by atoms with van der Waals surface area (Å²) in [6.45, 7) is 10.8. The molecule has 1 unspecified atom stereocenters. The van der Waals surface area contributed by atoms with E-state index in [4.69, 9.17) is 0 Å². The van der Waals surface area contributed by atoms with Crippen LogP contribution in [0.5, 0.6) is 0 Å². The molecule has 1 aromatic carbocycles. The minimum absolute atomic E-state index is 0. The molecule has 0 aliphatic rings. The topological polar surface area (TPSA) is 0 Å². The van der Waals surface area contributed by atoms with Crippen molar-refractivity contribution in [2.45, 2.75) is 83.7 Å². The van der Waals surface area contributed by atoms with Gasteiger partial charge >= 0.3 is 0 Å². The minimum Gasteiger partial charge on any atom is -0.147 e. The van der Waals surface area contributed by atoms with E-state index < -0.39 is 0 Å². The number of hydrogen-bond donors (Lipinski definition) is 0. The van der Waals surface area contributed by atoms with E-state index in [0.717, 1.165) is 0 Å². The van der Waals surface area contributed by atoms with Gasteiger partial charge in [0.15, 0.2) is 0 Å². The maximum Gasteiger partial charge on any atom is 0.0100 e. The van der Waals surface area contributed by atoms with Crippen LogP contribution in [0.2, 0.25) is 0 Å². The van der Waals surface area contributed by atoms with Gasteiger partial charge in [0, 0.05) is 5.16 Å². The Bertz CT molecular complexity index is 445. The highest BCUT2D eigenvalue weighted by Crippen LogP contribution is 2.43. The zero-order valence-corrected chi connectivity index (χ0v) is 17.3. The van der Waals surface area contributed by atoms with Gasteiger partial charge in [-0.3, -0.25) is 0 Å².